The number of benzene rings is 2. The smallest absolute Gasteiger partial charge is 0.241 e. The second-order valence-corrected chi connectivity index (χ2v) is 9.29. The van der Waals surface area contributed by atoms with E-state index in [9.17, 15) is 13.2 Å². The highest BCUT2D eigenvalue weighted by molar-refractivity contribution is 7.92. The molecule has 1 amide bonds. The molecule has 0 aliphatic heterocycles. The van der Waals surface area contributed by atoms with Crippen LogP contribution in [0.4, 0.5) is 5.69 Å². The molecule has 0 spiro atoms. The zero-order valence-corrected chi connectivity index (χ0v) is 19.1. The lowest BCUT2D eigenvalue weighted by atomic mass is 10.0. The van der Waals surface area contributed by atoms with Gasteiger partial charge in [-0.15, -0.1) is 0 Å². The van der Waals surface area contributed by atoms with Gasteiger partial charge in [0.2, 0.25) is 15.9 Å². The zero-order chi connectivity index (χ0) is 22.5. The van der Waals surface area contributed by atoms with Crippen LogP contribution in [0.2, 0.25) is 0 Å². The number of ether oxygens (including phenoxy) is 2. The topological polar surface area (TPSA) is 84.9 Å². The van der Waals surface area contributed by atoms with Gasteiger partial charge in [-0.05, 0) is 42.2 Å². The fourth-order valence-corrected chi connectivity index (χ4v) is 4.08. The fraction of sp³-hybridized carbons (Fsp3) is 0.409. The zero-order valence-electron chi connectivity index (χ0n) is 18.3. The molecule has 0 saturated carbocycles. The van der Waals surface area contributed by atoms with Gasteiger partial charge in [-0.25, -0.2) is 8.42 Å². The van der Waals surface area contributed by atoms with Gasteiger partial charge in [-0.2, -0.15) is 0 Å². The number of hydrogen-bond acceptors (Lipinski definition) is 5. The molecule has 1 unspecified atom stereocenters. The van der Waals surface area contributed by atoms with Crippen molar-refractivity contribution in [1.82, 2.24) is 5.32 Å². The summed E-state index contributed by atoms with van der Waals surface area (Å²) in [6.45, 7) is 5.49. The van der Waals surface area contributed by atoms with Gasteiger partial charge < -0.3 is 14.8 Å². The fourth-order valence-electron chi connectivity index (χ4n) is 3.21. The molecule has 2 aromatic carbocycles. The van der Waals surface area contributed by atoms with Gasteiger partial charge in [0.05, 0.1) is 32.2 Å². The van der Waals surface area contributed by atoms with Crippen LogP contribution in [0, 0.1) is 0 Å². The Balaban J connectivity index is 2.24. The molecule has 0 aromatic heterocycles. The largest absolute Gasteiger partial charge is 0.493 e. The van der Waals surface area contributed by atoms with Crippen LogP contribution in [0.15, 0.2) is 42.5 Å². The van der Waals surface area contributed by atoms with Crippen molar-refractivity contribution in [3.63, 3.8) is 0 Å². The number of amides is 1. The molecule has 1 N–H and O–H groups in total. The summed E-state index contributed by atoms with van der Waals surface area (Å²) in [5, 5.41) is 2.86. The van der Waals surface area contributed by atoms with Crippen molar-refractivity contribution in [2.24, 2.45) is 0 Å². The number of para-hydroxylation sites is 1. The molecule has 30 heavy (non-hydrogen) atoms. The summed E-state index contributed by atoms with van der Waals surface area (Å²) in [7, 11) is -0.557. The predicted octanol–water partition coefficient (Wildman–Crippen LogP) is 3.47. The van der Waals surface area contributed by atoms with Crippen LogP contribution in [0.5, 0.6) is 11.5 Å². The Hall–Kier alpha value is -2.74. The minimum atomic E-state index is -3.65. The van der Waals surface area contributed by atoms with Crippen molar-refractivity contribution in [2.45, 2.75) is 32.7 Å². The monoisotopic (exact) mass is 434 g/mol. The normalized spacial score (nSPS) is 12.4. The predicted molar refractivity (Wildman–Crippen MR) is 119 cm³/mol. The first-order valence-corrected chi connectivity index (χ1v) is 11.5. The van der Waals surface area contributed by atoms with Gasteiger partial charge in [0.15, 0.2) is 11.5 Å². The summed E-state index contributed by atoms with van der Waals surface area (Å²) in [5.41, 5.74) is 2.20. The van der Waals surface area contributed by atoms with Crippen LogP contribution in [0.25, 0.3) is 0 Å². The molecule has 164 valence electrons. The molecule has 0 heterocycles. The van der Waals surface area contributed by atoms with E-state index in [0.29, 0.717) is 17.2 Å². The van der Waals surface area contributed by atoms with Gasteiger partial charge >= 0.3 is 0 Å². The highest BCUT2D eigenvalue weighted by Gasteiger charge is 2.24. The third-order valence-electron chi connectivity index (χ3n) is 4.80. The number of methoxy groups -OCH3 is 2. The minimum absolute atomic E-state index is 0.110. The first kappa shape index (κ1) is 23.5. The maximum Gasteiger partial charge on any atom is 0.241 e. The van der Waals surface area contributed by atoms with Gasteiger partial charge in [-0.3, -0.25) is 9.10 Å². The lowest BCUT2D eigenvalue weighted by Crippen LogP contribution is -2.41. The maximum absolute atomic E-state index is 12.7. The van der Waals surface area contributed by atoms with Crippen LogP contribution >= 0.6 is 0 Å². The number of nitrogens with zero attached hydrogens (tertiary/aromatic N) is 1. The van der Waals surface area contributed by atoms with E-state index in [0.717, 1.165) is 21.7 Å². The molecule has 0 saturated heterocycles. The van der Waals surface area contributed by atoms with E-state index >= 15 is 0 Å². The van der Waals surface area contributed by atoms with Crippen LogP contribution < -0.4 is 19.1 Å². The first-order valence-electron chi connectivity index (χ1n) is 9.66. The number of carbonyl (C=O) groups excluding carboxylic acids is 1. The summed E-state index contributed by atoms with van der Waals surface area (Å²) in [5.74, 6) is 0.855. The molecule has 2 aromatic rings. The number of hydrogen-bond donors (Lipinski definition) is 1. The second kappa shape index (κ2) is 9.84. The minimum Gasteiger partial charge on any atom is -0.493 e. The van der Waals surface area contributed by atoms with E-state index in [-0.39, 0.29) is 18.5 Å². The Morgan fingerprint density at radius 2 is 1.67 bits per heavy atom. The highest BCUT2D eigenvalue weighted by Crippen LogP contribution is 2.31. The van der Waals surface area contributed by atoms with Crippen molar-refractivity contribution >= 4 is 21.6 Å². The number of nitrogens with one attached hydrogen (secondary N) is 1. The molecule has 0 aliphatic carbocycles. The molecule has 7 nitrogen and oxygen atoms in total. The number of rotatable bonds is 9. The lowest BCUT2D eigenvalue weighted by molar-refractivity contribution is -0.120. The lowest BCUT2D eigenvalue weighted by Gasteiger charge is -2.26. The molecular weight excluding hydrogens is 404 g/mol. The third-order valence-corrected chi connectivity index (χ3v) is 5.93. The Morgan fingerprint density at radius 3 is 2.23 bits per heavy atom. The maximum atomic E-state index is 12.7. The van der Waals surface area contributed by atoms with Crippen molar-refractivity contribution in [2.75, 3.05) is 31.3 Å². The van der Waals surface area contributed by atoms with E-state index in [1.807, 2.05) is 39.0 Å². The van der Waals surface area contributed by atoms with Crippen LogP contribution in [-0.4, -0.2) is 41.3 Å². The Kier molecular flexibility index (Phi) is 7.72. The van der Waals surface area contributed by atoms with Crippen molar-refractivity contribution in [1.29, 1.82) is 0 Å². The van der Waals surface area contributed by atoms with Crippen LogP contribution in [0.3, 0.4) is 0 Å². The molecule has 0 fully saturated rings. The first-order chi connectivity index (χ1) is 14.1. The Bertz CT molecular complexity index is 989. The number of anilines is 1. The summed E-state index contributed by atoms with van der Waals surface area (Å²) in [4.78, 5) is 12.7. The van der Waals surface area contributed by atoms with Crippen LogP contribution in [0.1, 0.15) is 43.9 Å². The van der Waals surface area contributed by atoms with Gasteiger partial charge in [-0.1, -0.05) is 38.1 Å². The molecule has 0 bridgehead atoms. The Morgan fingerprint density at radius 1 is 1.03 bits per heavy atom. The SMILES string of the molecule is COc1ccc(C(C)NC(=O)CN(c2ccccc2C(C)C)S(C)(=O)=O)cc1OC. The molecular formula is C22H30N2O5S. The molecule has 0 aliphatic rings. The van der Waals surface area contributed by atoms with Crippen molar-refractivity contribution in [3.05, 3.63) is 53.6 Å². The third kappa shape index (κ3) is 5.66. The number of carbonyl (C=O) groups is 1. The quantitative estimate of drug-likeness (QED) is 0.653. The van der Waals surface area contributed by atoms with Crippen LogP contribution in [-0.2, 0) is 14.8 Å². The van der Waals surface area contributed by atoms with Crippen molar-refractivity contribution < 1.29 is 22.7 Å². The van der Waals surface area contributed by atoms with E-state index < -0.39 is 15.9 Å². The van der Waals surface area contributed by atoms with E-state index in [4.69, 9.17) is 9.47 Å². The standard InChI is InChI=1S/C22H30N2O5S/c1-15(2)18-9-7-8-10-19(18)24(30(6,26)27)14-22(25)23-16(3)17-11-12-20(28-4)21(13-17)29-5/h7-13,15-16H,14H2,1-6H3,(H,23,25). The van der Waals surface area contributed by atoms with E-state index in [2.05, 4.69) is 5.32 Å². The number of sulfonamides is 1. The van der Waals surface area contributed by atoms with Gasteiger partial charge in [0.1, 0.15) is 6.54 Å². The molecule has 8 heteroatoms. The Labute approximate surface area is 179 Å². The van der Waals surface area contributed by atoms with E-state index in [1.165, 1.54) is 0 Å². The van der Waals surface area contributed by atoms with Gasteiger partial charge in [0.25, 0.3) is 0 Å². The molecule has 1 atom stereocenters. The second-order valence-electron chi connectivity index (χ2n) is 7.39. The van der Waals surface area contributed by atoms with Crippen molar-refractivity contribution in [3.8, 4) is 11.5 Å². The summed E-state index contributed by atoms with van der Waals surface area (Å²) in [6, 6.07) is 12.3. The van der Waals surface area contributed by atoms with E-state index in [1.54, 1.807) is 38.5 Å². The molecule has 2 rings (SSSR count). The summed E-state index contributed by atoms with van der Waals surface area (Å²) in [6.07, 6.45) is 1.11. The summed E-state index contributed by atoms with van der Waals surface area (Å²) >= 11 is 0. The highest BCUT2D eigenvalue weighted by atomic mass is 32.2. The molecule has 0 radical (unpaired) electrons. The summed E-state index contributed by atoms with van der Waals surface area (Å²) < 4.78 is 36.6. The average Bonchev–Trinajstić information content (AvgIpc) is 2.70. The van der Waals surface area contributed by atoms with Gasteiger partial charge in [0, 0.05) is 0 Å². The average molecular weight is 435 g/mol.